The lowest BCUT2D eigenvalue weighted by atomic mass is 9.93. The van der Waals surface area contributed by atoms with Crippen molar-refractivity contribution >= 4 is 22.6 Å². The minimum atomic E-state index is 0.720. The molecule has 0 radical (unpaired) electrons. The van der Waals surface area contributed by atoms with E-state index in [0.29, 0.717) is 0 Å². The Hall–Kier alpha value is -4.50. The Morgan fingerprint density at radius 2 is 1.35 bits per heavy atom. The summed E-state index contributed by atoms with van der Waals surface area (Å²) in [6.45, 7) is 1.97. The molecule has 164 valence electrons. The Kier molecular flexibility index (Phi) is 5.75. The van der Waals surface area contributed by atoms with Gasteiger partial charge in [0.05, 0.1) is 0 Å². The molecule has 0 saturated heterocycles. The largest absolute Gasteiger partial charge is 0.404 e. The zero-order valence-corrected chi connectivity index (χ0v) is 19.0. The number of allylic oxidation sites excluding steroid dienone is 1. The van der Waals surface area contributed by atoms with Gasteiger partial charge in [0.15, 0.2) is 0 Å². The number of nitrogens with one attached hydrogen (secondary N) is 1. The summed E-state index contributed by atoms with van der Waals surface area (Å²) in [6, 6.07) is 33.8. The number of aromatic nitrogens is 1. The van der Waals surface area contributed by atoms with Gasteiger partial charge in [-0.15, -0.1) is 0 Å². The van der Waals surface area contributed by atoms with Crippen LogP contribution >= 0.6 is 0 Å². The Labute approximate surface area is 199 Å². The van der Waals surface area contributed by atoms with Gasteiger partial charge in [-0.1, -0.05) is 84.9 Å². The molecule has 0 atom stereocenters. The van der Waals surface area contributed by atoms with Crippen LogP contribution in [0.4, 0.5) is 0 Å². The molecule has 0 aliphatic heterocycles. The van der Waals surface area contributed by atoms with Gasteiger partial charge in [0.25, 0.3) is 0 Å². The zero-order valence-electron chi connectivity index (χ0n) is 19.0. The van der Waals surface area contributed by atoms with Crippen LogP contribution < -0.4 is 5.73 Å². The van der Waals surface area contributed by atoms with E-state index in [1.807, 2.05) is 37.3 Å². The maximum absolute atomic E-state index is 7.47. The van der Waals surface area contributed by atoms with E-state index >= 15 is 0 Å². The second-order valence-electron chi connectivity index (χ2n) is 8.25. The van der Waals surface area contributed by atoms with Crippen molar-refractivity contribution in [2.75, 3.05) is 0 Å². The number of aryl methyl sites for hydroxylation is 1. The highest BCUT2D eigenvalue weighted by Gasteiger charge is 2.21. The predicted molar refractivity (Wildman–Crippen MR) is 144 cm³/mol. The van der Waals surface area contributed by atoms with E-state index in [0.717, 1.165) is 16.8 Å². The molecule has 1 heterocycles. The van der Waals surface area contributed by atoms with Crippen molar-refractivity contribution in [3.8, 4) is 33.4 Å². The Bertz CT molecular complexity index is 1490. The van der Waals surface area contributed by atoms with Gasteiger partial charge in [0, 0.05) is 29.9 Å². The number of hydrogen-bond donors (Lipinski definition) is 2. The molecule has 34 heavy (non-hydrogen) atoms. The fourth-order valence-electron chi connectivity index (χ4n) is 4.58. The number of nitrogens with zero attached hydrogens (tertiary/aromatic N) is 1. The number of hydrogen-bond acceptors (Lipinski definition) is 3. The molecule has 1 aliphatic rings. The van der Waals surface area contributed by atoms with E-state index < -0.39 is 0 Å². The summed E-state index contributed by atoms with van der Waals surface area (Å²) in [5.74, 6) is 0. The average molecular weight is 440 g/mol. The van der Waals surface area contributed by atoms with Crippen LogP contribution in [0.15, 0.2) is 109 Å². The fourth-order valence-corrected chi connectivity index (χ4v) is 4.58. The third-order valence-corrected chi connectivity index (χ3v) is 6.23. The summed E-state index contributed by atoms with van der Waals surface area (Å²) in [4.78, 5) is 3.98. The first kappa shape index (κ1) is 21.4. The van der Waals surface area contributed by atoms with Crippen LogP contribution in [0.25, 0.3) is 49.7 Å². The molecule has 5 aromatic rings. The number of fused-ring (bicyclic) bond motifs is 3. The van der Waals surface area contributed by atoms with Crippen LogP contribution in [-0.2, 0) is 0 Å². The topological polar surface area (TPSA) is 62.8 Å². The summed E-state index contributed by atoms with van der Waals surface area (Å²) in [6.07, 6.45) is 4.54. The van der Waals surface area contributed by atoms with Crippen LogP contribution in [-0.4, -0.2) is 11.2 Å². The molecule has 3 N–H and O–H groups in total. The van der Waals surface area contributed by atoms with Crippen LogP contribution in [0.2, 0.25) is 0 Å². The third kappa shape index (κ3) is 3.78. The van der Waals surface area contributed by atoms with Gasteiger partial charge >= 0.3 is 0 Å². The SMILES string of the molecule is Cc1ccccn1.N=C/C(=C\N)c1ccc(-c2ccc3c4c(cccc24)-c2ccccc2-3)cc1. The predicted octanol–water partition coefficient (Wildman–Crippen LogP) is 7.49. The first-order valence-electron chi connectivity index (χ1n) is 11.3. The van der Waals surface area contributed by atoms with Gasteiger partial charge in [-0.25, -0.2) is 0 Å². The standard InChI is InChI=1S/C25H18N2.C6H7N/c26-14-18(15-27)16-8-10-17(11-9-16)19-12-13-24-21-5-2-1-4-20(21)23-7-3-6-22(19)25(23)24;1-6-4-2-3-5-7-6/h1-15,26H,27H2;2-5H,1H3/b18-15+,26-14?;. The molecular formula is C31H25N3. The van der Waals surface area contributed by atoms with Gasteiger partial charge in [-0.05, 0) is 68.8 Å². The highest BCUT2D eigenvalue weighted by molar-refractivity contribution is 6.18. The molecular weight excluding hydrogens is 414 g/mol. The molecule has 3 nitrogen and oxygen atoms in total. The van der Waals surface area contributed by atoms with Gasteiger partial charge in [0.2, 0.25) is 0 Å². The maximum Gasteiger partial charge on any atom is 0.0372 e. The van der Waals surface area contributed by atoms with Crippen LogP contribution in [0.3, 0.4) is 0 Å². The van der Waals surface area contributed by atoms with E-state index in [-0.39, 0.29) is 0 Å². The van der Waals surface area contributed by atoms with Crippen molar-refractivity contribution in [3.05, 3.63) is 121 Å². The molecule has 1 aromatic heterocycles. The minimum Gasteiger partial charge on any atom is -0.404 e. The van der Waals surface area contributed by atoms with E-state index in [1.54, 1.807) is 6.20 Å². The smallest absolute Gasteiger partial charge is 0.0372 e. The Morgan fingerprint density at radius 3 is 1.94 bits per heavy atom. The Morgan fingerprint density at radius 1 is 0.706 bits per heavy atom. The summed E-state index contributed by atoms with van der Waals surface area (Å²) in [7, 11) is 0. The molecule has 1 aliphatic carbocycles. The van der Waals surface area contributed by atoms with Crippen molar-refractivity contribution in [3.63, 3.8) is 0 Å². The van der Waals surface area contributed by atoms with E-state index in [2.05, 4.69) is 71.7 Å². The summed E-state index contributed by atoms with van der Waals surface area (Å²) < 4.78 is 0. The lowest BCUT2D eigenvalue weighted by molar-refractivity contribution is 1.20. The minimum absolute atomic E-state index is 0.720. The molecule has 4 aromatic carbocycles. The number of nitrogens with two attached hydrogens (primary N) is 1. The first-order valence-corrected chi connectivity index (χ1v) is 11.3. The summed E-state index contributed by atoms with van der Waals surface area (Å²) in [5.41, 5.74) is 16.0. The van der Waals surface area contributed by atoms with E-state index in [1.165, 1.54) is 56.6 Å². The fraction of sp³-hybridized carbons (Fsp3) is 0.0323. The number of pyridine rings is 1. The molecule has 0 saturated carbocycles. The van der Waals surface area contributed by atoms with Crippen molar-refractivity contribution in [2.24, 2.45) is 5.73 Å². The molecule has 0 spiro atoms. The van der Waals surface area contributed by atoms with E-state index in [4.69, 9.17) is 11.1 Å². The Balaban J connectivity index is 0.000000297. The van der Waals surface area contributed by atoms with E-state index in [9.17, 15) is 0 Å². The molecule has 0 unspecified atom stereocenters. The second-order valence-corrected chi connectivity index (χ2v) is 8.25. The van der Waals surface area contributed by atoms with Crippen LogP contribution in [0.1, 0.15) is 11.3 Å². The van der Waals surface area contributed by atoms with Gasteiger partial charge in [0.1, 0.15) is 0 Å². The molecule has 6 rings (SSSR count). The van der Waals surface area contributed by atoms with Crippen molar-refractivity contribution in [1.82, 2.24) is 4.98 Å². The second kappa shape index (κ2) is 9.16. The summed E-state index contributed by atoms with van der Waals surface area (Å²) >= 11 is 0. The lowest BCUT2D eigenvalue weighted by Gasteiger charge is -2.10. The van der Waals surface area contributed by atoms with Crippen molar-refractivity contribution < 1.29 is 0 Å². The highest BCUT2D eigenvalue weighted by Crippen LogP contribution is 2.49. The van der Waals surface area contributed by atoms with Gasteiger partial charge < -0.3 is 11.1 Å². The van der Waals surface area contributed by atoms with Crippen molar-refractivity contribution in [2.45, 2.75) is 6.92 Å². The normalized spacial score (nSPS) is 11.5. The number of benzene rings is 4. The molecule has 0 bridgehead atoms. The third-order valence-electron chi connectivity index (χ3n) is 6.23. The maximum atomic E-state index is 7.47. The monoisotopic (exact) mass is 439 g/mol. The quantitative estimate of drug-likeness (QED) is 0.281. The number of rotatable bonds is 3. The first-order chi connectivity index (χ1) is 16.7. The van der Waals surface area contributed by atoms with Crippen molar-refractivity contribution in [1.29, 1.82) is 5.41 Å². The van der Waals surface area contributed by atoms with Gasteiger partial charge in [-0.3, -0.25) is 4.98 Å². The average Bonchev–Trinajstić information content (AvgIpc) is 3.22. The van der Waals surface area contributed by atoms with Gasteiger partial charge in [-0.2, -0.15) is 0 Å². The molecule has 0 fully saturated rings. The molecule has 3 heteroatoms. The summed E-state index contributed by atoms with van der Waals surface area (Å²) in [5, 5.41) is 10.1. The highest BCUT2D eigenvalue weighted by atomic mass is 14.6. The van der Waals surface area contributed by atoms with Crippen LogP contribution in [0.5, 0.6) is 0 Å². The molecule has 0 amide bonds. The van der Waals surface area contributed by atoms with Crippen LogP contribution in [0, 0.1) is 12.3 Å². The zero-order chi connectivity index (χ0) is 23.5. The lowest BCUT2D eigenvalue weighted by Crippen LogP contribution is -1.90.